The quantitative estimate of drug-likeness (QED) is 0.670. The molecule has 1 N–H and O–H groups in total. The molecule has 1 fully saturated rings. The van der Waals surface area contributed by atoms with Crippen LogP contribution >= 0.6 is 15.9 Å². The molecule has 0 saturated heterocycles. The second-order valence-electron chi connectivity index (χ2n) is 5.55. The minimum Gasteiger partial charge on any atom is -0.493 e. The molecule has 0 radical (unpaired) electrons. The lowest BCUT2D eigenvalue weighted by atomic mass is 10.2. The summed E-state index contributed by atoms with van der Waals surface area (Å²) in [4.78, 5) is 0. The van der Waals surface area contributed by atoms with Gasteiger partial charge in [-0.15, -0.1) is 0 Å². The maximum absolute atomic E-state index is 5.86. The molecule has 0 bridgehead atoms. The molecule has 0 amide bonds. The number of halogens is 1. The molecule has 0 spiro atoms. The molecule has 1 aliphatic rings. The maximum atomic E-state index is 5.86. The lowest BCUT2D eigenvalue weighted by Gasteiger charge is -2.14. The van der Waals surface area contributed by atoms with E-state index in [1.54, 1.807) is 0 Å². The van der Waals surface area contributed by atoms with Crippen LogP contribution in [0.2, 0.25) is 0 Å². The van der Waals surface area contributed by atoms with Crippen LogP contribution in [-0.2, 0) is 11.3 Å². The number of rotatable bonds is 9. The Bertz CT molecular complexity index is 419. The van der Waals surface area contributed by atoms with Gasteiger partial charge in [-0.05, 0) is 37.5 Å². The Labute approximate surface area is 136 Å². The van der Waals surface area contributed by atoms with Gasteiger partial charge in [-0.25, -0.2) is 0 Å². The standard InChI is InChI=1S/C17H26BrNO2/c1-2-10-21-17-8-7-15(18)12-14(17)13-19-9-11-20-16-5-3-4-6-16/h7-8,12,16,19H,2-6,9-11,13H2,1H3. The van der Waals surface area contributed by atoms with Crippen molar-refractivity contribution in [3.8, 4) is 5.75 Å². The Balaban J connectivity index is 1.72. The second kappa shape index (κ2) is 9.44. The van der Waals surface area contributed by atoms with Crippen molar-refractivity contribution in [1.82, 2.24) is 5.32 Å². The Morgan fingerprint density at radius 3 is 2.81 bits per heavy atom. The van der Waals surface area contributed by atoms with Crippen molar-refractivity contribution in [3.05, 3.63) is 28.2 Å². The highest BCUT2D eigenvalue weighted by atomic mass is 79.9. The van der Waals surface area contributed by atoms with Crippen molar-refractivity contribution in [1.29, 1.82) is 0 Å². The molecule has 3 nitrogen and oxygen atoms in total. The SMILES string of the molecule is CCCOc1ccc(Br)cc1CNCCOC1CCCC1. The number of nitrogens with one attached hydrogen (secondary N) is 1. The molecule has 1 saturated carbocycles. The van der Waals surface area contributed by atoms with Crippen LogP contribution in [0.25, 0.3) is 0 Å². The largest absolute Gasteiger partial charge is 0.493 e. The summed E-state index contributed by atoms with van der Waals surface area (Å²) < 4.78 is 12.7. The van der Waals surface area contributed by atoms with E-state index in [2.05, 4.69) is 34.2 Å². The van der Waals surface area contributed by atoms with Crippen LogP contribution in [0, 0.1) is 0 Å². The van der Waals surface area contributed by atoms with Gasteiger partial charge >= 0.3 is 0 Å². The molecule has 0 unspecified atom stereocenters. The number of ether oxygens (including phenoxy) is 2. The summed E-state index contributed by atoms with van der Waals surface area (Å²) in [6.45, 7) is 5.38. The van der Waals surface area contributed by atoms with Crippen molar-refractivity contribution in [3.63, 3.8) is 0 Å². The number of hydrogen-bond donors (Lipinski definition) is 1. The van der Waals surface area contributed by atoms with Gasteiger partial charge < -0.3 is 14.8 Å². The van der Waals surface area contributed by atoms with E-state index >= 15 is 0 Å². The highest BCUT2D eigenvalue weighted by Gasteiger charge is 2.14. The van der Waals surface area contributed by atoms with Gasteiger partial charge in [-0.2, -0.15) is 0 Å². The van der Waals surface area contributed by atoms with E-state index in [9.17, 15) is 0 Å². The Morgan fingerprint density at radius 1 is 1.24 bits per heavy atom. The summed E-state index contributed by atoms with van der Waals surface area (Å²) >= 11 is 3.52. The molecule has 0 atom stereocenters. The summed E-state index contributed by atoms with van der Waals surface area (Å²) in [5.41, 5.74) is 1.19. The van der Waals surface area contributed by atoms with Crippen LogP contribution < -0.4 is 10.1 Å². The molecule has 118 valence electrons. The zero-order valence-electron chi connectivity index (χ0n) is 12.9. The monoisotopic (exact) mass is 355 g/mol. The van der Waals surface area contributed by atoms with Crippen molar-refractivity contribution >= 4 is 15.9 Å². The topological polar surface area (TPSA) is 30.5 Å². The van der Waals surface area contributed by atoms with E-state index in [0.29, 0.717) is 6.10 Å². The first kappa shape index (κ1) is 16.8. The van der Waals surface area contributed by atoms with Crippen molar-refractivity contribution < 1.29 is 9.47 Å². The third kappa shape index (κ3) is 5.97. The normalized spacial score (nSPS) is 15.5. The Morgan fingerprint density at radius 2 is 2.05 bits per heavy atom. The van der Waals surface area contributed by atoms with Gasteiger partial charge in [-0.3, -0.25) is 0 Å². The van der Waals surface area contributed by atoms with Crippen LogP contribution in [0.3, 0.4) is 0 Å². The van der Waals surface area contributed by atoms with Crippen LogP contribution in [0.1, 0.15) is 44.6 Å². The molecule has 4 heteroatoms. The molecule has 2 rings (SSSR count). The van der Waals surface area contributed by atoms with Gasteiger partial charge in [0.05, 0.1) is 19.3 Å². The van der Waals surface area contributed by atoms with Crippen LogP contribution in [-0.4, -0.2) is 25.9 Å². The van der Waals surface area contributed by atoms with Crippen molar-refractivity contribution in [2.24, 2.45) is 0 Å². The molecular weight excluding hydrogens is 330 g/mol. The van der Waals surface area contributed by atoms with Gasteiger partial charge in [0.2, 0.25) is 0 Å². The van der Waals surface area contributed by atoms with E-state index in [-0.39, 0.29) is 0 Å². The second-order valence-corrected chi connectivity index (χ2v) is 6.47. The summed E-state index contributed by atoms with van der Waals surface area (Å²) in [7, 11) is 0. The first-order chi connectivity index (χ1) is 10.3. The summed E-state index contributed by atoms with van der Waals surface area (Å²) in [5.74, 6) is 0.976. The zero-order valence-corrected chi connectivity index (χ0v) is 14.5. The maximum Gasteiger partial charge on any atom is 0.123 e. The lowest BCUT2D eigenvalue weighted by molar-refractivity contribution is 0.0602. The number of benzene rings is 1. The Kier molecular flexibility index (Phi) is 7.54. The third-order valence-corrected chi connectivity index (χ3v) is 4.23. The van der Waals surface area contributed by atoms with Gasteiger partial charge in [0.15, 0.2) is 0 Å². The third-order valence-electron chi connectivity index (χ3n) is 3.73. The molecule has 0 aliphatic heterocycles. The minimum absolute atomic E-state index is 0.501. The van der Waals surface area contributed by atoms with Crippen LogP contribution in [0.15, 0.2) is 22.7 Å². The van der Waals surface area contributed by atoms with Gasteiger partial charge in [0, 0.05) is 23.1 Å². The predicted octanol–water partition coefficient (Wildman–Crippen LogP) is 4.29. The van der Waals surface area contributed by atoms with Crippen LogP contribution in [0.4, 0.5) is 0 Å². The van der Waals surface area contributed by atoms with E-state index in [1.165, 1.54) is 31.2 Å². The summed E-state index contributed by atoms with van der Waals surface area (Å²) in [6, 6.07) is 6.18. The number of hydrogen-bond acceptors (Lipinski definition) is 3. The van der Waals surface area contributed by atoms with Crippen molar-refractivity contribution in [2.75, 3.05) is 19.8 Å². The Hall–Kier alpha value is -0.580. The van der Waals surface area contributed by atoms with Gasteiger partial charge in [-0.1, -0.05) is 35.7 Å². The summed E-state index contributed by atoms with van der Waals surface area (Å²) in [6.07, 6.45) is 6.66. The fourth-order valence-corrected chi connectivity index (χ4v) is 3.02. The van der Waals surface area contributed by atoms with E-state index in [4.69, 9.17) is 9.47 Å². The first-order valence-electron chi connectivity index (χ1n) is 8.03. The smallest absolute Gasteiger partial charge is 0.123 e. The minimum atomic E-state index is 0.501. The molecule has 1 aliphatic carbocycles. The molecule has 1 aromatic carbocycles. The predicted molar refractivity (Wildman–Crippen MR) is 89.8 cm³/mol. The molecule has 1 aromatic rings. The van der Waals surface area contributed by atoms with E-state index < -0.39 is 0 Å². The fraction of sp³-hybridized carbons (Fsp3) is 0.647. The lowest BCUT2D eigenvalue weighted by Crippen LogP contribution is -2.22. The first-order valence-corrected chi connectivity index (χ1v) is 8.82. The van der Waals surface area contributed by atoms with E-state index in [1.807, 2.05) is 12.1 Å². The average Bonchev–Trinajstić information content (AvgIpc) is 2.99. The van der Waals surface area contributed by atoms with Gasteiger partial charge in [0.1, 0.15) is 5.75 Å². The molecule has 0 aromatic heterocycles. The van der Waals surface area contributed by atoms with Crippen molar-refractivity contribution in [2.45, 2.75) is 51.7 Å². The van der Waals surface area contributed by atoms with E-state index in [0.717, 1.165) is 42.9 Å². The summed E-state index contributed by atoms with van der Waals surface area (Å²) in [5, 5.41) is 3.44. The fourth-order valence-electron chi connectivity index (χ4n) is 2.61. The zero-order chi connectivity index (χ0) is 14.9. The average molecular weight is 356 g/mol. The van der Waals surface area contributed by atoms with Crippen LogP contribution in [0.5, 0.6) is 5.75 Å². The van der Waals surface area contributed by atoms with Gasteiger partial charge in [0.25, 0.3) is 0 Å². The molecular formula is C17H26BrNO2. The molecule has 0 heterocycles. The highest BCUT2D eigenvalue weighted by Crippen LogP contribution is 2.23. The molecule has 21 heavy (non-hydrogen) atoms. The highest BCUT2D eigenvalue weighted by molar-refractivity contribution is 9.10.